The van der Waals surface area contributed by atoms with Crippen LogP contribution in [0.25, 0.3) is 0 Å². The molecule has 0 unspecified atom stereocenters. The highest BCUT2D eigenvalue weighted by Gasteiger charge is 2.45. The number of carbonyl (C=O) groups excluding carboxylic acids is 2. The van der Waals surface area contributed by atoms with Crippen LogP contribution in [-0.2, 0) is 14.8 Å². The molecule has 1 aliphatic rings. The number of imide groups is 1. The topological polar surface area (TPSA) is 84.0 Å². The SMILES string of the molecule is COc1ccc(S(=O)(=O)N2C(=O)CN(c3ccccc3)C2=O)cc1. The van der Waals surface area contributed by atoms with Gasteiger partial charge < -0.3 is 4.74 Å². The Labute approximate surface area is 139 Å². The fourth-order valence-corrected chi connectivity index (χ4v) is 3.70. The van der Waals surface area contributed by atoms with Gasteiger partial charge in [-0.05, 0) is 36.4 Å². The van der Waals surface area contributed by atoms with Gasteiger partial charge >= 0.3 is 6.03 Å². The van der Waals surface area contributed by atoms with Crippen molar-refractivity contribution in [3.8, 4) is 5.75 Å². The second-order valence-corrected chi connectivity index (χ2v) is 6.83. The predicted octanol–water partition coefficient (Wildman–Crippen LogP) is 1.85. The molecule has 2 aromatic carbocycles. The summed E-state index contributed by atoms with van der Waals surface area (Å²) in [6.07, 6.45) is 0. The molecule has 0 atom stereocenters. The van der Waals surface area contributed by atoms with Crippen LogP contribution in [0.4, 0.5) is 10.5 Å². The molecular weight excluding hydrogens is 332 g/mol. The Hall–Kier alpha value is -2.87. The Morgan fingerprint density at radius 3 is 2.17 bits per heavy atom. The van der Waals surface area contributed by atoms with Crippen molar-refractivity contribution >= 4 is 27.6 Å². The van der Waals surface area contributed by atoms with Crippen LogP contribution in [0.15, 0.2) is 59.5 Å². The van der Waals surface area contributed by atoms with E-state index in [1.807, 2.05) is 0 Å². The monoisotopic (exact) mass is 346 g/mol. The van der Waals surface area contributed by atoms with E-state index in [1.165, 1.54) is 31.4 Å². The average Bonchev–Trinajstić information content (AvgIpc) is 2.90. The van der Waals surface area contributed by atoms with E-state index < -0.39 is 22.0 Å². The van der Waals surface area contributed by atoms with Gasteiger partial charge in [-0.1, -0.05) is 18.2 Å². The Morgan fingerprint density at radius 1 is 0.958 bits per heavy atom. The third-order valence-corrected chi connectivity index (χ3v) is 5.30. The van der Waals surface area contributed by atoms with Gasteiger partial charge in [0.2, 0.25) is 0 Å². The molecule has 0 aliphatic carbocycles. The van der Waals surface area contributed by atoms with Crippen LogP contribution in [0.5, 0.6) is 5.75 Å². The summed E-state index contributed by atoms with van der Waals surface area (Å²) >= 11 is 0. The van der Waals surface area contributed by atoms with Crippen molar-refractivity contribution in [2.24, 2.45) is 0 Å². The van der Waals surface area contributed by atoms with Gasteiger partial charge in [0.15, 0.2) is 0 Å². The van der Waals surface area contributed by atoms with Gasteiger partial charge in [0.1, 0.15) is 12.3 Å². The number of amides is 3. The van der Waals surface area contributed by atoms with Crippen molar-refractivity contribution in [2.45, 2.75) is 4.90 Å². The van der Waals surface area contributed by atoms with Gasteiger partial charge in [-0.2, -0.15) is 0 Å². The highest BCUT2D eigenvalue weighted by Crippen LogP contribution is 2.27. The number of nitrogens with zero attached hydrogens (tertiary/aromatic N) is 2. The first-order chi connectivity index (χ1) is 11.4. The lowest BCUT2D eigenvalue weighted by Gasteiger charge is -2.17. The van der Waals surface area contributed by atoms with Gasteiger partial charge in [-0.25, -0.2) is 13.2 Å². The lowest BCUT2D eigenvalue weighted by Crippen LogP contribution is -2.38. The fraction of sp³-hybridized carbons (Fsp3) is 0.125. The van der Waals surface area contributed by atoms with E-state index >= 15 is 0 Å². The molecule has 0 N–H and O–H groups in total. The zero-order valence-electron chi connectivity index (χ0n) is 12.7. The molecule has 2 aromatic rings. The minimum absolute atomic E-state index is 0.153. The maximum absolute atomic E-state index is 12.6. The van der Waals surface area contributed by atoms with Crippen LogP contribution in [0.1, 0.15) is 0 Å². The summed E-state index contributed by atoms with van der Waals surface area (Å²) in [5.41, 5.74) is 0.461. The van der Waals surface area contributed by atoms with Crippen molar-refractivity contribution in [2.75, 3.05) is 18.6 Å². The van der Waals surface area contributed by atoms with E-state index in [2.05, 4.69) is 0 Å². The summed E-state index contributed by atoms with van der Waals surface area (Å²) in [4.78, 5) is 25.6. The van der Waals surface area contributed by atoms with Gasteiger partial charge in [0, 0.05) is 5.69 Å². The number of methoxy groups -OCH3 is 1. The Bertz CT molecular complexity index is 878. The van der Waals surface area contributed by atoms with E-state index in [4.69, 9.17) is 4.74 Å². The quantitative estimate of drug-likeness (QED) is 0.789. The molecule has 1 aliphatic heterocycles. The Morgan fingerprint density at radius 2 is 1.58 bits per heavy atom. The molecular formula is C16H14N2O5S. The van der Waals surface area contributed by atoms with Crippen LogP contribution in [0.3, 0.4) is 0 Å². The number of anilines is 1. The van der Waals surface area contributed by atoms with Crippen LogP contribution in [0.2, 0.25) is 0 Å². The molecule has 1 fully saturated rings. The first-order valence-corrected chi connectivity index (χ1v) is 8.48. The van der Waals surface area contributed by atoms with Crippen molar-refractivity contribution in [1.82, 2.24) is 4.31 Å². The van der Waals surface area contributed by atoms with Crippen LogP contribution >= 0.6 is 0 Å². The van der Waals surface area contributed by atoms with Crippen molar-refractivity contribution < 1.29 is 22.7 Å². The molecule has 0 aromatic heterocycles. The number of ether oxygens (including phenoxy) is 1. The molecule has 1 heterocycles. The Kier molecular flexibility index (Phi) is 3.98. The molecule has 0 saturated carbocycles. The largest absolute Gasteiger partial charge is 0.497 e. The first-order valence-electron chi connectivity index (χ1n) is 7.04. The number of carbonyl (C=O) groups is 2. The van der Waals surface area contributed by atoms with Gasteiger partial charge in [-0.15, -0.1) is 4.31 Å². The molecule has 124 valence electrons. The maximum Gasteiger partial charge on any atom is 0.346 e. The average molecular weight is 346 g/mol. The van der Waals surface area contributed by atoms with E-state index in [0.29, 0.717) is 15.7 Å². The van der Waals surface area contributed by atoms with Gasteiger partial charge in [-0.3, -0.25) is 9.69 Å². The Balaban J connectivity index is 1.95. The van der Waals surface area contributed by atoms with Gasteiger partial charge in [0.25, 0.3) is 15.9 Å². The van der Waals surface area contributed by atoms with Crippen LogP contribution in [-0.4, -0.2) is 38.3 Å². The number of hydrogen-bond donors (Lipinski definition) is 0. The van der Waals surface area contributed by atoms with E-state index in [0.717, 1.165) is 4.90 Å². The number of hydrogen-bond acceptors (Lipinski definition) is 5. The molecule has 0 bridgehead atoms. The fourth-order valence-electron chi connectivity index (χ4n) is 2.38. The first kappa shape index (κ1) is 16.0. The third-order valence-electron chi connectivity index (χ3n) is 3.59. The summed E-state index contributed by atoms with van der Waals surface area (Å²) in [5, 5.41) is 0. The maximum atomic E-state index is 12.6. The lowest BCUT2D eigenvalue weighted by atomic mass is 10.3. The molecule has 3 amide bonds. The highest BCUT2D eigenvalue weighted by molar-refractivity contribution is 7.90. The van der Waals surface area contributed by atoms with Gasteiger partial charge in [0.05, 0.1) is 12.0 Å². The summed E-state index contributed by atoms with van der Waals surface area (Å²) in [5.74, 6) is -0.321. The number of para-hydroxylation sites is 1. The molecule has 7 nitrogen and oxygen atoms in total. The highest BCUT2D eigenvalue weighted by atomic mass is 32.2. The predicted molar refractivity (Wildman–Crippen MR) is 86.2 cm³/mol. The zero-order chi connectivity index (χ0) is 17.3. The van der Waals surface area contributed by atoms with Crippen molar-refractivity contribution in [3.05, 3.63) is 54.6 Å². The zero-order valence-corrected chi connectivity index (χ0v) is 13.6. The van der Waals surface area contributed by atoms with Crippen molar-refractivity contribution in [1.29, 1.82) is 0 Å². The third kappa shape index (κ3) is 2.61. The number of urea groups is 1. The van der Waals surface area contributed by atoms with Crippen LogP contribution in [0, 0.1) is 0 Å². The minimum Gasteiger partial charge on any atom is -0.497 e. The van der Waals surface area contributed by atoms with Crippen LogP contribution < -0.4 is 9.64 Å². The molecule has 24 heavy (non-hydrogen) atoms. The minimum atomic E-state index is -4.27. The smallest absolute Gasteiger partial charge is 0.346 e. The van der Waals surface area contributed by atoms with Crippen molar-refractivity contribution in [3.63, 3.8) is 0 Å². The molecule has 0 spiro atoms. The molecule has 8 heteroatoms. The standard InChI is InChI=1S/C16H14N2O5S/c1-23-13-7-9-14(10-8-13)24(21,22)18-15(19)11-17(16(18)20)12-5-3-2-4-6-12/h2-10H,11H2,1H3. The molecule has 0 radical (unpaired) electrons. The molecule has 1 saturated heterocycles. The normalized spacial score (nSPS) is 15.0. The second-order valence-electron chi connectivity index (χ2n) is 5.04. The number of sulfonamides is 1. The second kappa shape index (κ2) is 5.97. The summed E-state index contributed by atoms with van der Waals surface area (Å²) in [6.45, 7) is -0.321. The summed E-state index contributed by atoms with van der Waals surface area (Å²) in [7, 11) is -2.81. The number of rotatable bonds is 4. The van der Waals surface area contributed by atoms with E-state index in [9.17, 15) is 18.0 Å². The number of benzene rings is 2. The molecule has 3 rings (SSSR count). The van der Waals surface area contributed by atoms with E-state index in [-0.39, 0.29) is 11.4 Å². The van der Waals surface area contributed by atoms with E-state index in [1.54, 1.807) is 30.3 Å². The lowest BCUT2D eigenvalue weighted by molar-refractivity contribution is -0.121. The summed E-state index contributed by atoms with van der Waals surface area (Å²) < 4.78 is 30.6. The summed E-state index contributed by atoms with van der Waals surface area (Å²) in [6, 6.07) is 13.0.